The van der Waals surface area contributed by atoms with Crippen LogP contribution in [-0.2, 0) is 0 Å². The van der Waals surface area contributed by atoms with E-state index in [2.05, 4.69) is 41.1 Å². The van der Waals surface area contributed by atoms with Crippen LogP contribution < -0.4 is 5.73 Å². The van der Waals surface area contributed by atoms with Crippen molar-refractivity contribution >= 4 is 21.7 Å². The minimum absolute atomic E-state index is 0.674. The Balaban J connectivity index is 2.15. The molecule has 0 aliphatic carbocycles. The Kier molecular flexibility index (Phi) is 3.55. The van der Waals surface area contributed by atoms with Crippen LogP contribution in [0.5, 0.6) is 0 Å². The number of hydrogen-bond acceptors (Lipinski definition) is 2. The summed E-state index contributed by atoms with van der Waals surface area (Å²) in [4.78, 5) is 0. The van der Waals surface area contributed by atoms with Crippen LogP contribution in [0.2, 0.25) is 0 Å². The molecule has 0 aliphatic heterocycles. The standard InChI is InChI=1S/C17H16BrN3/c1-11-8-9-13(10-15(11)18)16-12(2)17(19)21(20-16)14-6-4-3-5-7-14/h3-10H,19H2,1-2H3. The summed E-state index contributed by atoms with van der Waals surface area (Å²) in [7, 11) is 0. The fraction of sp³-hybridized carbons (Fsp3) is 0.118. The number of hydrogen-bond donors (Lipinski definition) is 1. The van der Waals surface area contributed by atoms with Gasteiger partial charge in [0.2, 0.25) is 0 Å². The zero-order valence-electron chi connectivity index (χ0n) is 12.0. The van der Waals surface area contributed by atoms with E-state index in [-0.39, 0.29) is 0 Å². The maximum Gasteiger partial charge on any atom is 0.130 e. The molecule has 2 N–H and O–H groups in total. The van der Waals surface area contributed by atoms with E-state index in [9.17, 15) is 0 Å². The van der Waals surface area contributed by atoms with Gasteiger partial charge in [0.15, 0.2) is 0 Å². The van der Waals surface area contributed by atoms with E-state index in [1.54, 1.807) is 4.68 Å². The summed E-state index contributed by atoms with van der Waals surface area (Å²) in [6, 6.07) is 16.2. The van der Waals surface area contributed by atoms with Gasteiger partial charge in [0.25, 0.3) is 0 Å². The lowest BCUT2D eigenvalue weighted by molar-refractivity contribution is 0.895. The lowest BCUT2D eigenvalue weighted by Crippen LogP contribution is -2.01. The van der Waals surface area contributed by atoms with E-state index >= 15 is 0 Å². The van der Waals surface area contributed by atoms with Crippen LogP contribution in [-0.4, -0.2) is 9.78 Å². The first-order valence-corrected chi connectivity index (χ1v) is 7.54. The van der Waals surface area contributed by atoms with Crippen molar-refractivity contribution in [1.29, 1.82) is 0 Å². The summed E-state index contributed by atoms with van der Waals surface area (Å²) < 4.78 is 2.87. The number of aryl methyl sites for hydroxylation is 1. The highest BCUT2D eigenvalue weighted by molar-refractivity contribution is 9.10. The van der Waals surface area contributed by atoms with Crippen molar-refractivity contribution in [3.05, 3.63) is 64.1 Å². The van der Waals surface area contributed by atoms with Crippen molar-refractivity contribution in [2.75, 3.05) is 5.73 Å². The van der Waals surface area contributed by atoms with Crippen LogP contribution in [0.1, 0.15) is 11.1 Å². The Morgan fingerprint density at radius 2 is 1.76 bits per heavy atom. The molecule has 21 heavy (non-hydrogen) atoms. The molecule has 0 saturated heterocycles. The number of aromatic nitrogens is 2. The molecule has 2 aromatic carbocycles. The van der Waals surface area contributed by atoms with Gasteiger partial charge in [-0.3, -0.25) is 0 Å². The Bertz CT molecular complexity index is 791. The lowest BCUT2D eigenvalue weighted by atomic mass is 10.1. The van der Waals surface area contributed by atoms with E-state index in [0.29, 0.717) is 5.82 Å². The highest BCUT2D eigenvalue weighted by atomic mass is 79.9. The number of nitrogens with zero attached hydrogens (tertiary/aromatic N) is 2. The maximum absolute atomic E-state index is 6.23. The van der Waals surface area contributed by atoms with Gasteiger partial charge in [-0.05, 0) is 37.6 Å². The normalized spacial score (nSPS) is 10.8. The predicted octanol–water partition coefficient (Wildman–Crippen LogP) is 4.50. The minimum Gasteiger partial charge on any atom is -0.383 e. The highest BCUT2D eigenvalue weighted by Crippen LogP contribution is 2.30. The number of halogens is 1. The van der Waals surface area contributed by atoms with Crippen molar-refractivity contribution in [3.8, 4) is 16.9 Å². The molecule has 1 aromatic heterocycles. The zero-order chi connectivity index (χ0) is 15.0. The fourth-order valence-corrected chi connectivity index (χ4v) is 2.67. The van der Waals surface area contributed by atoms with Crippen LogP contribution in [0.4, 0.5) is 5.82 Å². The van der Waals surface area contributed by atoms with Gasteiger partial charge in [-0.15, -0.1) is 0 Å². The monoisotopic (exact) mass is 341 g/mol. The Morgan fingerprint density at radius 1 is 1.05 bits per heavy atom. The molecule has 0 spiro atoms. The summed E-state index contributed by atoms with van der Waals surface area (Å²) in [6.45, 7) is 4.07. The third kappa shape index (κ3) is 2.47. The first kappa shape index (κ1) is 13.9. The molecule has 0 saturated carbocycles. The molecule has 4 heteroatoms. The number of para-hydroxylation sites is 1. The molecule has 0 aliphatic rings. The second-order valence-electron chi connectivity index (χ2n) is 5.07. The first-order chi connectivity index (χ1) is 10.1. The van der Waals surface area contributed by atoms with E-state index < -0.39 is 0 Å². The van der Waals surface area contributed by atoms with Crippen molar-refractivity contribution in [2.24, 2.45) is 0 Å². The molecule has 3 nitrogen and oxygen atoms in total. The molecule has 0 unspecified atom stereocenters. The van der Waals surface area contributed by atoms with Gasteiger partial charge in [-0.25, -0.2) is 4.68 Å². The second-order valence-corrected chi connectivity index (χ2v) is 5.92. The topological polar surface area (TPSA) is 43.8 Å². The van der Waals surface area contributed by atoms with Gasteiger partial charge < -0.3 is 5.73 Å². The Hall–Kier alpha value is -2.07. The molecule has 0 bridgehead atoms. The molecule has 3 rings (SSSR count). The SMILES string of the molecule is Cc1ccc(-c2nn(-c3ccccc3)c(N)c2C)cc1Br. The van der Waals surface area contributed by atoms with Gasteiger partial charge in [0.1, 0.15) is 5.82 Å². The van der Waals surface area contributed by atoms with E-state index in [1.165, 1.54) is 5.56 Å². The summed E-state index contributed by atoms with van der Waals surface area (Å²) in [5, 5.41) is 4.69. The van der Waals surface area contributed by atoms with Gasteiger partial charge in [0.05, 0.1) is 11.4 Å². The number of anilines is 1. The van der Waals surface area contributed by atoms with Crippen molar-refractivity contribution < 1.29 is 0 Å². The fourth-order valence-electron chi connectivity index (χ4n) is 2.29. The predicted molar refractivity (Wildman–Crippen MR) is 90.6 cm³/mol. The first-order valence-electron chi connectivity index (χ1n) is 6.75. The average molecular weight is 342 g/mol. The van der Waals surface area contributed by atoms with Gasteiger partial charge in [-0.1, -0.05) is 46.3 Å². The highest BCUT2D eigenvalue weighted by Gasteiger charge is 2.15. The molecule has 0 amide bonds. The van der Waals surface area contributed by atoms with Gasteiger partial charge in [0, 0.05) is 15.6 Å². The minimum atomic E-state index is 0.674. The van der Waals surface area contributed by atoms with Crippen molar-refractivity contribution in [2.45, 2.75) is 13.8 Å². The van der Waals surface area contributed by atoms with Crippen LogP contribution in [0.15, 0.2) is 53.0 Å². The van der Waals surface area contributed by atoms with Crippen LogP contribution in [0.25, 0.3) is 16.9 Å². The summed E-state index contributed by atoms with van der Waals surface area (Å²) >= 11 is 3.57. The van der Waals surface area contributed by atoms with Gasteiger partial charge in [-0.2, -0.15) is 5.10 Å². The lowest BCUT2D eigenvalue weighted by Gasteiger charge is -2.03. The third-order valence-electron chi connectivity index (χ3n) is 3.61. The number of nitrogens with two attached hydrogens (primary N) is 1. The van der Waals surface area contributed by atoms with E-state index in [1.807, 2.05) is 37.3 Å². The second kappa shape index (κ2) is 5.37. The van der Waals surface area contributed by atoms with Crippen LogP contribution in [0.3, 0.4) is 0 Å². The largest absolute Gasteiger partial charge is 0.383 e. The quantitative estimate of drug-likeness (QED) is 0.745. The molecule has 0 atom stereocenters. The Labute approximate surface area is 132 Å². The third-order valence-corrected chi connectivity index (χ3v) is 4.47. The molecular formula is C17H16BrN3. The Morgan fingerprint density at radius 3 is 2.43 bits per heavy atom. The smallest absolute Gasteiger partial charge is 0.130 e. The summed E-state index contributed by atoms with van der Waals surface area (Å²) in [6.07, 6.45) is 0. The maximum atomic E-state index is 6.23. The average Bonchev–Trinajstić information content (AvgIpc) is 2.79. The molecule has 1 heterocycles. The molecular weight excluding hydrogens is 326 g/mol. The van der Waals surface area contributed by atoms with Crippen molar-refractivity contribution in [3.63, 3.8) is 0 Å². The molecule has 0 radical (unpaired) electrons. The van der Waals surface area contributed by atoms with Gasteiger partial charge >= 0.3 is 0 Å². The molecule has 106 valence electrons. The number of rotatable bonds is 2. The van der Waals surface area contributed by atoms with Crippen LogP contribution in [0, 0.1) is 13.8 Å². The summed E-state index contributed by atoms with van der Waals surface area (Å²) in [5.74, 6) is 0.674. The number of nitrogen functional groups attached to an aromatic ring is 1. The summed E-state index contributed by atoms with van der Waals surface area (Å²) in [5.41, 5.74) is 11.4. The molecule has 0 fully saturated rings. The van der Waals surface area contributed by atoms with Crippen molar-refractivity contribution in [1.82, 2.24) is 9.78 Å². The van der Waals surface area contributed by atoms with Crippen LogP contribution >= 0.6 is 15.9 Å². The number of benzene rings is 2. The zero-order valence-corrected chi connectivity index (χ0v) is 13.6. The van der Waals surface area contributed by atoms with E-state index in [4.69, 9.17) is 10.8 Å². The molecule has 3 aromatic rings. The van der Waals surface area contributed by atoms with E-state index in [0.717, 1.165) is 27.0 Å².